The van der Waals surface area contributed by atoms with Gasteiger partial charge < -0.3 is 15.6 Å². The average molecular weight is 334 g/mol. The summed E-state index contributed by atoms with van der Waals surface area (Å²) in [6.45, 7) is 1.68. The van der Waals surface area contributed by atoms with Crippen LogP contribution in [0, 0.1) is 0 Å². The predicted octanol–water partition coefficient (Wildman–Crippen LogP) is 2.36. The lowest BCUT2D eigenvalue weighted by molar-refractivity contribution is 0.0954. The quantitative estimate of drug-likeness (QED) is 0.697. The fraction of sp³-hybridized carbons (Fsp3) is 0.200. The lowest BCUT2D eigenvalue weighted by Gasteiger charge is -2.12. The van der Waals surface area contributed by atoms with E-state index in [1.165, 1.54) is 5.56 Å². The Labute approximate surface area is 147 Å². The van der Waals surface area contributed by atoms with E-state index in [0.717, 1.165) is 18.1 Å². The molecule has 5 heteroatoms. The molecule has 0 aliphatic rings. The van der Waals surface area contributed by atoms with E-state index in [2.05, 4.69) is 27.0 Å². The summed E-state index contributed by atoms with van der Waals surface area (Å²) < 4.78 is 2.13. The molecule has 128 valence electrons. The Morgan fingerprint density at radius 2 is 1.72 bits per heavy atom. The van der Waals surface area contributed by atoms with Crippen LogP contribution in [0.2, 0.25) is 0 Å². The largest absolute Gasteiger partial charge is 0.352 e. The zero-order chi connectivity index (χ0) is 17.5. The number of nitrogens with one attached hydrogen (secondary N) is 1. The Morgan fingerprint density at radius 3 is 2.40 bits per heavy atom. The fourth-order valence-electron chi connectivity index (χ4n) is 2.77. The summed E-state index contributed by atoms with van der Waals surface area (Å²) in [5.41, 5.74) is 8.75. The Kier molecular flexibility index (Phi) is 5.59. The van der Waals surface area contributed by atoms with Crippen molar-refractivity contribution in [3.63, 3.8) is 0 Å². The van der Waals surface area contributed by atoms with Gasteiger partial charge in [-0.1, -0.05) is 48.5 Å². The molecule has 0 saturated carbocycles. The molecule has 0 radical (unpaired) electrons. The Morgan fingerprint density at radius 1 is 1.04 bits per heavy atom. The molecule has 3 rings (SSSR count). The molecule has 1 heterocycles. The summed E-state index contributed by atoms with van der Waals surface area (Å²) in [6, 6.07) is 19.4. The summed E-state index contributed by atoms with van der Waals surface area (Å²) in [6.07, 6.45) is 2.55. The van der Waals surface area contributed by atoms with Crippen molar-refractivity contribution in [2.45, 2.75) is 19.5 Å². The van der Waals surface area contributed by atoms with Gasteiger partial charge in [0.2, 0.25) is 0 Å². The van der Waals surface area contributed by atoms with Crippen LogP contribution >= 0.6 is 0 Å². The van der Waals surface area contributed by atoms with Gasteiger partial charge >= 0.3 is 0 Å². The van der Waals surface area contributed by atoms with Crippen molar-refractivity contribution >= 4 is 5.91 Å². The zero-order valence-electron chi connectivity index (χ0n) is 14.1. The standard InChI is InChI=1S/C20H22N4O/c21-13-19-23-14-18(24(19)15-16-7-3-1-4-8-16)11-12-22-20(25)17-9-5-2-6-10-17/h1-10,14H,11-13,15,21H2,(H,22,25). The van der Waals surface area contributed by atoms with Gasteiger partial charge in [0.05, 0.1) is 6.54 Å². The zero-order valence-corrected chi connectivity index (χ0v) is 14.1. The first-order valence-electron chi connectivity index (χ1n) is 8.38. The van der Waals surface area contributed by atoms with Crippen LogP contribution in [0.5, 0.6) is 0 Å². The maximum atomic E-state index is 12.1. The monoisotopic (exact) mass is 334 g/mol. The maximum absolute atomic E-state index is 12.1. The molecule has 0 fully saturated rings. The topological polar surface area (TPSA) is 72.9 Å². The highest BCUT2D eigenvalue weighted by atomic mass is 16.1. The van der Waals surface area contributed by atoms with Gasteiger partial charge in [-0.25, -0.2) is 4.98 Å². The van der Waals surface area contributed by atoms with Crippen LogP contribution in [-0.2, 0) is 19.5 Å². The second-order valence-electron chi connectivity index (χ2n) is 5.81. The fourth-order valence-corrected chi connectivity index (χ4v) is 2.77. The SMILES string of the molecule is NCc1ncc(CCNC(=O)c2ccccc2)n1Cc1ccccc1. The summed E-state index contributed by atoms with van der Waals surface area (Å²) in [5, 5.41) is 2.95. The van der Waals surface area contributed by atoms with Crippen molar-refractivity contribution in [2.24, 2.45) is 5.73 Å². The minimum Gasteiger partial charge on any atom is -0.352 e. The molecular weight excluding hydrogens is 312 g/mol. The van der Waals surface area contributed by atoms with Crippen LogP contribution < -0.4 is 11.1 Å². The molecule has 0 spiro atoms. The molecule has 3 aromatic rings. The lowest BCUT2D eigenvalue weighted by Crippen LogP contribution is -2.26. The van der Waals surface area contributed by atoms with Crippen LogP contribution in [0.1, 0.15) is 27.4 Å². The predicted molar refractivity (Wildman–Crippen MR) is 98.1 cm³/mol. The number of nitrogens with zero attached hydrogens (tertiary/aromatic N) is 2. The van der Waals surface area contributed by atoms with Gasteiger partial charge in [0.25, 0.3) is 5.91 Å². The highest BCUT2D eigenvalue weighted by molar-refractivity contribution is 5.94. The molecular formula is C20H22N4O. The Balaban J connectivity index is 1.64. The summed E-state index contributed by atoms with van der Waals surface area (Å²) >= 11 is 0. The molecule has 0 aliphatic heterocycles. The second-order valence-corrected chi connectivity index (χ2v) is 5.81. The van der Waals surface area contributed by atoms with E-state index in [1.54, 1.807) is 0 Å². The normalized spacial score (nSPS) is 10.6. The number of nitrogens with two attached hydrogens (primary N) is 1. The Hall–Kier alpha value is -2.92. The van der Waals surface area contributed by atoms with Crippen LogP contribution in [0.25, 0.3) is 0 Å². The van der Waals surface area contributed by atoms with Gasteiger partial charge in [-0.2, -0.15) is 0 Å². The first-order chi connectivity index (χ1) is 12.3. The maximum Gasteiger partial charge on any atom is 0.251 e. The molecule has 0 unspecified atom stereocenters. The van der Waals surface area contributed by atoms with Gasteiger partial charge in [-0.05, 0) is 17.7 Å². The van der Waals surface area contributed by atoms with E-state index in [-0.39, 0.29) is 5.91 Å². The van der Waals surface area contributed by atoms with E-state index < -0.39 is 0 Å². The molecule has 25 heavy (non-hydrogen) atoms. The number of carbonyl (C=O) groups is 1. The van der Waals surface area contributed by atoms with Crippen LogP contribution in [-0.4, -0.2) is 22.0 Å². The van der Waals surface area contributed by atoms with Crippen molar-refractivity contribution in [1.29, 1.82) is 0 Å². The highest BCUT2D eigenvalue weighted by Crippen LogP contribution is 2.11. The number of imidazole rings is 1. The average Bonchev–Trinajstić information content (AvgIpc) is 3.05. The summed E-state index contributed by atoms with van der Waals surface area (Å²) in [5.74, 6) is 0.794. The van der Waals surface area contributed by atoms with Crippen LogP contribution in [0.15, 0.2) is 66.9 Å². The highest BCUT2D eigenvalue weighted by Gasteiger charge is 2.10. The van der Waals surface area contributed by atoms with Crippen LogP contribution in [0.4, 0.5) is 0 Å². The second kappa shape index (κ2) is 8.26. The van der Waals surface area contributed by atoms with Gasteiger partial charge in [-0.15, -0.1) is 0 Å². The molecule has 0 saturated heterocycles. The van der Waals surface area contributed by atoms with Crippen molar-refractivity contribution in [1.82, 2.24) is 14.9 Å². The third kappa shape index (κ3) is 4.33. The van der Waals surface area contributed by atoms with Gasteiger partial charge in [-0.3, -0.25) is 4.79 Å². The van der Waals surface area contributed by atoms with E-state index in [4.69, 9.17) is 5.73 Å². The molecule has 2 aromatic carbocycles. The van der Waals surface area contributed by atoms with Gasteiger partial charge in [0, 0.05) is 37.0 Å². The van der Waals surface area contributed by atoms with Crippen molar-refractivity contribution in [3.8, 4) is 0 Å². The number of aromatic nitrogens is 2. The van der Waals surface area contributed by atoms with Crippen molar-refractivity contribution in [3.05, 3.63) is 89.5 Å². The molecule has 0 atom stereocenters. The molecule has 1 amide bonds. The lowest BCUT2D eigenvalue weighted by atomic mass is 10.2. The third-order valence-electron chi connectivity index (χ3n) is 4.09. The summed E-state index contributed by atoms with van der Waals surface area (Å²) in [4.78, 5) is 16.5. The Bertz CT molecular complexity index is 812. The van der Waals surface area contributed by atoms with Crippen molar-refractivity contribution in [2.75, 3.05) is 6.54 Å². The van der Waals surface area contributed by atoms with Gasteiger partial charge in [0.15, 0.2) is 0 Å². The number of hydrogen-bond donors (Lipinski definition) is 2. The summed E-state index contributed by atoms with van der Waals surface area (Å²) in [7, 11) is 0. The van der Waals surface area contributed by atoms with Gasteiger partial charge in [0.1, 0.15) is 5.82 Å². The number of amides is 1. The van der Waals surface area contributed by atoms with E-state index in [1.807, 2.05) is 54.7 Å². The molecule has 0 aliphatic carbocycles. The first kappa shape index (κ1) is 16.9. The van der Waals surface area contributed by atoms with E-state index >= 15 is 0 Å². The van der Waals surface area contributed by atoms with Crippen LogP contribution in [0.3, 0.4) is 0 Å². The smallest absolute Gasteiger partial charge is 0.251 e. The van der Waals surface area contributed by atoms with Crippen molar-refractivity contribution < 1.29 is 4.79 Å². The molecule has 3 N–H and O–H groups in total. The molecule has 0 bridgehead atoms. The number of carbonyl (C=O) groups excluding carboxylic acids is 1. The van der Waals surface area contributed by atoms with E-state index in [9.17, 15) is 4.79 Å². The number of rotatable bonds is 7. The first-order valence-corrected chi connectivity index (χ1v) is 8.38. The minimum atomic E-state index is -0.0613. The third-order valence-corrected chi connectivity index (χ3v) is 4.09. The minimum absolute atomic E-state index is 0.0613. The molecule has 5 nitrogen and oxygen atoms in total. The number of hydrogen-bond acceptors (Lipinski definition) is 3. The number of benzene rings is 2. The molecule has 1 aromatic heterocycles. The van der Waals surface area contributed by atoms with E-state index in [0.29, 0.717) is 25.1 Å².